The number of nitrogens with one attached hydrogen (secondary N) is 3. The van der Waals surface area contributed by atoms with Crippen molar-refractivity contribution in [2.75, 3.05) is 25.5 Å². The van der Waals surface area contributed by atoms with E-state index in [2.05, 4.69) is 16.0 Å². The second-order valence-corrected chi connectivity index (χ2v) is 5.21. The van der Waals surface area contributed by atoms with E-state index in [1.165, 1.54) is 0 Å². The maximum Gasteiger partial charge on any atom is 0.251 e. The molecule has 0 saturated carbocycles. The average molecular weight is 296 g/mol. The van der Waals surface area contributed by atoms with Crippen LogP contribution in [0.5, 0.6) is 0 Å². The molecule has 20 heavy (non-hydrogen) atoms. The Labute approximate surface area is 123 Å². The topological polar surface area (TPSA) is 70.2 Å². The van der Waals surface area contributed by atoms with E-state index in [0.717, 1.165) is 19.4 Å². The van der Waals surface area contributed by atoms with Crippen LogP contribution in [0.25, 0.3) is 0 Å². The molecule has 0 aromatic heterocycles. The Morgan fingerprint density at radius 1 is 1.40 bits per heavy atom. The predicted molar refractivity (Wildman–Crippen MR) is 79.1 cm³/mol. The van der Waals surface area contributed by atoms with Crippen LogP contribution in [-0.4, -0.2) is 32.0 Å². The summed E-state index contributed by atoms with van der Waals surface area (Å²) in [6.45, 7) is 1.63. The molecule has 0 radical (unpaired) electrons. The highest BCUT2D eigenvalue weighted by Gasteiger charge is 2.21. The first-order valence-corrected chi connectivity index (χ1v) is 7.03. The third-order valence-corrected chi connectivity index (χ3v) is 3.71. The molecular formula is C14H18ClN3O2. The van der Waals surface area contributed by atoms with E-state index in [1.807, 2.05) is 0 Å². The van der Waals surface area contributed by atoms with Crippen LogP contribution in [-0.2, 0) is 4.79 Å². The molecule has 0 bridgehead atoms. The van der Waals surface area contributed by atoms with Gasteiger partial charge in [-0.3, -0.25) is 9.59 Å². The number of carbonyl (C=O) groups is 2. The monoisotopic (exact) mass is 295 g/mol. The Hall–Kier alpha value is -1.59. The summed E-state index contributed by atoms with van der Waals surface area (Å²) in [6.07, 6.45) is 1.86. The van der Waals surface area contributed by atoms with Crippen molar-refractivity contribution < 1.29 is 9.59 Å². The summed E-state index contributed by atoms with van der Waals surface area (Å²) < 4.78 is 0. The summed E-state index contributed by atoms with van der Waals surface area (Å²) in [5.41, 5.74) is 0.942. The van der Waals surface area contributed by atoms with Gasteiger partial charge in [0.05, 0.1) is 16.6 Å². The Kier molecular flexibility index (Phi) is 4.98. The molecule has 2 amide bonds. The summed E-state index contributed by atoms with van der Waals surface area (Å²) >= 11 is 6.07. The number of carbonyl (C=O) groups excluding carboxylic acids is 2. The second kappa shape index (κ2) is 6.72. The normalized spacial score (nSPS) is 18.4. The van der Waals surface area contributed by atoms with Gasteiger partial charge in [0.15, 0.2) is 0 Å². The van der Waals surface area contributed by atoms with Gasteiger partial charge in [-0.2, -0.15) is 0 Å². The molecular weight excluding hydrogens is 278 g/mol. The van der Waals surface area contributed by atoms with E-state index >= 15 is 0 Å². The van der Waals surface area contributed by atoms with Crippen molar-refractivity contribution in [1.29, 1.82) is 0 Å². The number of hydrogen-bond donors (Lipinski definition) is 3. The lowest BCUT2D eigenvalue weighted by molar-refractivity contribution is -0.120. The summed E-state index contributed by atoms with van der Waals surface area (Å²) in [5.74, 6) is -0.326. The highest BCUT2D eigenvalue weighted by atomic mass is 35.5. The zero-order valence-corrected chi connectivity index (χ0v) is 12.1. The highest BCUT2D eigenvalue weighted by molar-refractivity contribution is 6.33. The fourth-order valence-corrected chi connectivity index (χ4v) is 2.38. The van der Waals surface area contributed by atoms with Crippen molar-refractivity contribution >= 4 is 29.1 Å². The zero-order chi connectivity index (χ0) is 14.5. The highest BCUT2D eigenvalue weighted by Crippen LogP contribution is 2.24. The molecule has 1 aliphatic heterocycles. The molecule has 1 saturated heterocycles. The van der Waals surface area contributed by atoms with Crippen LogP contribution in [0, 0.1) is 5.92 Å². The van der Waals surface area contributed by atoms with Gasteiger partial charge in [0, 0.05) is 19.2 Å². The Morgan fingerprint density at radius 3 is 2.85 bits per heavy atom. The third kappa shape index (κ3) is 3.49. The van der Waals surface area contributed by atoms with E-state index in [9.17, 15) is 9.59 Å². The van der Waals surface area contributed by atoms with Gasteiger partial charge in [0.25, 0.3) is 5.91 Å². The number of anilines is 1. The first-order valence-electron chi connectivity index (χ1n) is 6.65. The van der Waals surface area contributed by atoms with Crippen LogP contribution in [0.2, 0.25) is 5.02 Å². The smallest absolute Gasteiger partial charge is 0.251 e. The molecule has 6 heteroatoms. The maximum absolute atomic E-state index is 12.2. The number of halogens is 1. The van der Waals surface area contributed by atoms with Crippen LogP contribution in [0.3, 0.4) is 0 Å². The van der Waals surface area contributed by atoms with Gasteiger partial charge in [0.1, 0.15) is 0 Å². The van der Waals surface area contributed by atoms with Gasteiger partial charge in [-0.1, -0.05) is 11.6 Å². The molecule has 0 unspecified atom stereocenters. The van der Waals surface area contributed by atoms with Crippen LogP contribution < -0.4 is 16.0 Å². The first kappa shape index (κ1) is 14.8. The van der Waals surface area contributed by atoms with E-state index in [-0.39, 0.29) is 17.7 Å². The summed E-state index contributed by atoms with van der Waals surface area (Å²) in [5, 5.41) is 8.97. The minimum atomic E-state index is -0.212. The van der Waals surface area contributed by atoms with Crippen molar-refractivity contribution in [3.05, 3.63) is 28.8 Å². The molecule has 1 aliphatic rings. The van der Waals surface area contributed by atoms with Crippen LogP contribution >= 0.6 is 11.6 Å². The van der Waals surface area contributed by atoms with Gasteiger partial charge < -0.3 is 16.0 Å². The number of rotatable bonds is 3. The van der Waals surface area contributed by atoms with E-state index < -0.39 is 0 Å². The molecule has 3 N–H and O–H groups in total. The molecule has 1 heterocycles. The largest absolute Gasteiger partial charge is 0.355 e. The standard InChI is InChI=1S/C14H18ClN3O2/c1-16-13(19)9-4-5-11(15)12(7-9)18-14(20)10-3-2-6-17-8-10/h4-5,7,10,17H,2-3,6,8H2,1H3,(H,16,19)(H,18,20)/t10-/m0/s1. The average Bonchev–Trinajstić information content (AvgIpc) is 2.49. The summed E-state index contributed by atoms with van der Waals surface area (Å²) in [6, 6.07) is 4.83. The summed E-state index contributed by atoms with van der Waals surface area (Å²) in [7, 11) is 1.56. The lowest BCUT2D eigenvalue weighted by Gasteiger charge is -2.22. The molecule has 1 atom stereocenters. The molecule has 108 valence electrons. The number of benzene rings is 1. The van der Waals surface area contributed by atoms with Gasteiger partial charge in [-0.15, -0.1) is 0 Å². The quantitative estimate of drug-likeness (QED) is 0.794. The fourth-order valence-electron chi connectivity index (χ4n) is 2.22. The van der Waals surface area contributed by atoms with Crippen molar-refractivity contribution in [2.45, 2.75) is 12.8 Å². The minimum Gasteiger partial charge on any atom is -0.355 e. The minimum absolute atomic E-state index is 0.0523. The number of hydrogen-bond acceptors (Lipinski definition) is 3. The SMILES string of the molecule is CNC(=O)c1ccc(Cl)c(NC(=O)[C@H]2CCCNC2)c1. The van der Waals surface area contributed by atoms with Gasteiger partial charge in [0.2, 0.25) is 5.91 Å². The number of amides is 2. The molecule has 1 aromatic rings. The van der Waals surface area contributed by atoms with Gasteiger partial charge in [-0.25, -0.2) is 0 Å². The predicted octanol–water partition coefficient (Wildman–Crippen LogP) is 1.64. The van der Waals surface area contributed by atoms with Crippen LogP contribution in [0.15, 0.2) is 18.2 Å². The summed E-state index contributed by atoms with van der Waals surface area (Å²) in [4.78, 5) is 23.7. The molecule has 1 fully saturated rings. The van der Waals surface area contributed by atoms with Gasteiger partial charge in [-0.05, 0) is 37.6 Å². The zero-order valence-electron chi connectivity index (χ0n) is 11.3. The molecule has 1 aromatic carbocycles. The van der Waals surface area contributed by atoms with Crippen molar-refractivity contribution in [3.63, 3.8) is 0 Å². The van der Waals surface area contributed by atoms with Crippen LogP contribution in [0.4, 0.5) is 5.69 Å². The lowest BCUT2D eigenvalue weighted by atomic mass is 9.98. The fraction of sp³-hybridized carbons (Fsp3) is 0.429. The van der Waals surface area contributed by atoms with Gasteiger partial charge >= 0.3 is 0 Å². The maximum atomic E-state index is 12.2. The number of piperidine rings is 1. The third-order valence-electron chi connectivity index (χ3n) is 3.38. The van der Waals surface area contributed by atoms with E-state index in [4.69, 9.17) is 11.6 Å². The Balaban J connectivity index is 2.11. The van der Waals surface area contributed by atoms with E-state index in [0.29, 0.717) is 22.8 Å². The van der Waals surface area contributed by atoms with Crippen LogP contribution in [0.1, 0.15) is 23.2 Å². The molecule has 5 nitrogen and oxygen atoms in total. The molecule has 0 spiro atoms. The second-order valence-electron chi connectivity index (χ2n) is 4.81. The van der Waals surface area contributed by atoms with E-state index in [1.54, 1.807) is 25.2 Å². The molecule has 2 rings (SSSR count). The lowest BCUT2D eigenvalue weighted by Crippen LogP contribution is -2.37. The Bertz CT molecular complexity index is 513. The Morgan fingerprint density at radius 2 is 2.20 bits per heavy atom. The first-order chi connectivity index (χ1) is 9.61. The molecule has 0 aliphatic carbocycles. The van der Waals surface area contributed by atoms with Crippen molar-refractivity contribution in [1.82, 2.24) is 10.6 Å². The van der Waals surface area contributed by atoms with Crippen molar-refractivity contribution in [3.8, 4) is 0 Å². The van der Waals surface area contributed by atoms with Crippen molar-refractivity contribution in [2.24, 2.45) is 5.92 Å².